The van der Waals surface area contributed by atoms with Crippen molar-refractivity contribution in [3.63, 3.8) is 0 Å². The van der Waals surface area contributed by atoms with Gasteiger partial charge in [0, 0.05) is 18.6 Å². The van der Waals surface area contributed by atoms with E-state index in [1.54, 1.807) is 18.8 Å². The van der Waals surface area contributed by atoms with Gasteiger partial charge in [0.1, 0.15) is 34.6 Å². The number of aryl methyl sites for hydroxylation is 1. The Kier molecular flexibility index (Phi) is 5.27. The molecule has 5 heteroatoms. The van der Waals surface area contributed by atoms with Gasteiger partial charge in [-0.05, 0) is 48.9 Å². The van der Waals surface area contributed by atoms with E-state index in [0.29, 0.717) is 11.9 Å². The maximum absolute atomic E-state index is 13.4. The van der Waals surface area contributed by atoms with Gasteiger partial charge in [0.25, 0.3) is 5.82 Å². The highest BCUT2D eigenvalue weighted by molar-refractivity contribution is 5.74. The summed E-state index contributed by atoms with van der Waals surface area (Å²) in [6.45, 7) is 4.57. The van der Waals surface area contributed by atoms with Crippen LogP contribution < -0.4 is 19.6 Å². The van der Waals surface area contributed by atoms with Crippen molar-refractivity contribution in [3.05, 3.63) is 94.0 Å². The van der Waals surface area contributed by atoms with Gasteiger partial charge in [-0.1, -0.05) is 24.3 Å². The molecule has 4 aromatic rings. The van der Waals surface area contributed by atoms with Crippen molar-refractivity contribution in [2.24, 2.45) is 0 Å². The lowest BCUT2D eigenvalue weighted by molar-refractivity contribution is -0.673. The molecule has 0 aliphatic heterocycles. The molecule has 0 bridgehead atoms. The number of para-hydroxylation sites is 1. The molecule has 152 valence electrons. The fourth-order valence-electron chi connectivity index (χ4n) is 3.88. The first-order valence-electron chi connectivity index (χ1n) is 9.85. The molecule has 0 unspecified atom stereocenters. The first-order valence-corrected chi connectivity index (χ1v) is 9.85. The van der Waals surface area contributed by atoms with Crippen molar-refractivity contribution in [2.45, 2.75) is 20.4 Å². The standard InChI is InChI=1S/C25H25N2O3/c1-17-8-7-9-20(14-17)27-18(2)26(23-11-6-5-10-22(23)25(27)28)16-19-12-13-21(29-3)15-24(19)30-4/h5-15H,16H2,1-4H3/q+1. The van der Waals surface area contributed by atoms with Crippen LogP contribution in [-0.4, -0.2) is 18.8 Å². The summed E-state index contributed by atoms with van der Waals surface area (Å²) in [7, 11) is 3.29. The SMILES string of the molecule is COc1ccc(C[n+]2c(C)n(-c3cccc(C)c3)c(=O)c3ccccc32)c(OC)c1. The van der Waals surface area contributed by atoms with Crippen molar-refractivity contribution in [2.75, 3.05) is 14.2 Å². The molecule has 1 heterocycles. The first kappa shape index (κ1) is 19.7. The fraction of sp³-hybridized carbons (Fsp3) is 0.200. The third-order valence-corrected chi connectivity index (χ3v) is 5.43. The van der Waals surface area contributed by atoms with Gasteiger partial charge in [0.15, 0.2) is 0 Å². The predicted octanol–water partition coefficient (Wildman–Crippen LogP) is 3.96. The van der Waals surface area contributed by atoms with Gasteiger partial charge in [0.2, 0.25) is 0 Å². The minimum absolute atomic E-state index is 0.0216. The Bertz CT molecular complexity index is 1290. The Balaban J connectivity index is 1.97. The summed E-state index contributed by atoms with van der Waals surface area (Å²) in [5.74, 6) is 2.34. The van der Waals surface area contributed by atoms with Crippen LogP contribution in [0.1, 0.15) is 17.0 Å². The predicted molar refractivity (Wildman–Crippen MR) is 118 cm³/mol. The number of methoxy groups -OCH3 is 2. The average molecular weight is 401 g/mol. The van der Waals surface area contributed by atoms with Crippen molar-refractivity contribution in [3.8, 4) is 17.2 Å². The van der Waals surface area contributed by atoms with Crippen LogP contribution in [0.4, 0.5) is 0 Å². The average Bonchev–Trinajstić information content (AvgIpc) is 2.77. The first-order chi connectivity index (χ1) is 14.5. The van der Waals surface area contributed by atoms with Crippen molar-refractivity contribution in [1.29, 1.82) is 0 Å². The van der Waals surface area contributed by atoms with E-state index in [1.807, 2.05) is 80.6 Å². The quantitative estimate of drug-likeness (QED) is 0.476. The monoisotopic (exact) mass is 401 g/mol. The fourth-order valence-corrected chi connectivity index (χ4v) is 3.88. The van der Waals surface area contributed by atoms with Gasteiger partial charge < -0.3 is 9.47 Å². The maximum Gasteiger partial charge on any atom is 0.350 e. The van der Waals surface area contributed by atoms with Crippen LogP contribution in [0.5, 0.6) is 11.5 Å². The molecular formula is C25H25N2O3+. The third kappa shape index (κ3) is 3.43. The van der Waals surface area contributed by atoms with Gasteiger partial charge >= 0.3 is 5.56 Å². The highest BCUT2D eigenvalue weighted by Crippen LogP contribution is 2.25. The second-order valence-electron chi connectivity index (χ2n) is 7.31. The molecule has 0 saturated carbocycles. The molecule has 30 heavy (non-hydrogen) atoms. The lowest BCUT2D eigenvalue weighted by atomic mass is 10.1. The van der Waals surface area contributed by atoms with Crippen molar-refractivity contribution >= 4 is 10.9 Å². The van der Waals surface area contributed by atoms with E-state index in [9.17, 15) is 4.79 Å². The summed E-state index contributed by atoms with van der Waals surface area (Å²) in [5, 5.41) is 0.678. The molecule has 0 spiro atoms. The zero-order chi connectivity index (χ0) is 21.3. The molecule has 0 N–H and O–H groups in total. The topological polar surface area (TPSA) is 44.3 Å². The zero-order valence-electron chi connectivity index (χ0n) is 17.7. The summed E-state index contributed by atoms with van der Waals surface area (Å²) in [6, 6.07) is 21.5. The Morgan fingerprint density at radius 3 is 2.43 bits per heavy atom. The number of benzene rings is 3. The Morgan fingerprint density at radius 2 is 1.70 bits per heavy atom. The summed E-state index contributed by atoms with van der Waals surface area (Å²) in [5.41, 5.74) is 3.84. The second-order valence-corrected chi connectivity index (χ2v) is 7.31. The van der Waals surface area contributed by atoms with Crippen LogP contribution in [-0.2, 0) is 6.54 Å². The van der Waals surface area contributed by atoms with Gasteiger partial charge in [-0.15, -0.1) is 0 Å². The molecule has 5 nitrogen and oxygen atoms in total. The smallest absolute Gasteiger partial charge is 0.350 e. The molecular weight excluding hydrogens is 376 g/mol. The molecule has 0 amide bonds. The van der Waals surface area contributed by atoms with E-state index < -0.39 is 0 Å². The number of fused-ring (bicyclic) bond motifs is 1. The van der Waals surface area contributed by atoms with E-state index in [4.69, 9.17) is 9.47 Å². The molecule has 0 fully saturated rings. The molecule has 4 rings (SSSR count). The summed E-state index contributed by atoms with van der Waals surface area (Å²) >= 11 is 0. The van der Waals surface area contributed by atoms with E-state index in [1.165, 1.54) is 0 Å². The van der Waals surface area contributed by atoms with Gasteiger partial charge in [-0.2, -0.15) is 4.57 Å². The molecule has 3 aromatic carbocycles. The Morgan fingerprint density at radius 1 is 0.900 bits per heavy atom. The molecule has 0 aliphatic carbocycles. The number of hydrogen-bond donors (Lipinski definition) is 0. The number of rotatable bonds is 5. The summed E-state index contributed by atoms with van der Waals surface area (Å²) in [4.78, 5) is 13.4. The lowest BCUT2D eigenvalue weighted by Crippen LogP contribution is -2.45. The maximum atomic E-state index is 13.4. The zero-order valence-corrected chi connectivity index (χ0v) is 17.7. The molecule has 0 aliphatic rings. The van der Waals surface area contributed by atoms with E-state index in [0.717, 1.165) is 39.7 Å². The van der Waals surface area contributed by atoms with Gasteiger partial charge in [0.05, 0.1) is 14.2 Å². The Hall–Kier alpha value is -3.60. The summed E-state index contributed by atoms with van der Waals surface area (Å²) < 4.78 is 14.9. The van der Waals surface area contributed by atoms with Gasteiger partial charge in [-0.3, -0.25) is 0 Å². The molecule has 0 saturated heterocycles. The highest BCUT2D eigenvalue weighted by atomic mass is 16.5. The normalized spacial score (nSPS) is 10.9. The minimum atomic E-state index is -0.0216. The van der Waals surface area contributed by atoms with Crippen LogP contribution in [0, 0.1) is 13.8 Å². The minimum Gasteiger partial charge on any atom is -0.497 e. The third-order valence-electron chi connectivity index (χ3n) is 5.43. The van der Waals surface area contributed by atoms with Crippen LogP contribution in [0.15, 0.2) is 71.5 Å². The summed E-state index contributed by atoms with van der Waals surface area (Å²) in [6.07, 6.45) is 0. The van der Waals surface area contributed by atoms with E-state index in [2.05, 4.69) is 4.57 Å². The van der Waals surface area contributed by atoms with E-state index in [-0.39, 0.29) is 5.56 Å². The van der Waals surface area contributed by atoms with Crippen LogP contribution >= 0.6 is 0 Å². The van der Waals surface area contributed by atoms with Crippen LogP contribution in [0.2, 0.25) is 0 Å². The van der Waals surface area contributed by atoms with Crippen molar-refractivity contribution < 1.29 is 14.0 Å². The van der Waals surface area contributed by atoms with E-state index >= 15 is 0 Å². The molecule has 0 radical (unpaired) electrons. The highest BCUT2D eigenvalue weighted by Gasteiger charge is 2.23. The largest absolute Gasteiger partial charge is 0.497 e. The molecule has 1 aromatic heterocycles. The number of ether oxygens (including phenoxy) is 2. The van der Waals surface area contributed by atoms with Crippen molar-refractivity contribution in [1.82, 2.24) is 4.57 Å². The second kappa shape index (κ2) is 8.03. The van der Waals surface area contributed by atoms with Gasteiger partial charge in [-0.25, -0.2) is 9.36 Å². The Labute approximate surface area is 175 Å². The number of hydrogen-bond acceptors (Lipinski definition) is 3. The van der Waals surface area contributed by atoms with Crippen LogP contribution in [0.25, 0.3) is 16.6 Å². The lowest BCUT2D eigenvalue weighted by Gasteiger charge is -2.14. The molecule has 0 atom stereocenters. The number of aromatic nitrogens is 2. The number of nitrogens with zero attached hydrogens (tertiary/aromatic N) is 2. The van der Waals surface area contributed by atoms with Crippen LogP contribution in [0.3, 0.4) is 0 Å².